The van der Waals surface area contributed by atoms with E-state index in [4.69, 9.17) is 9.37 Å². The number of para-hydroxylation sites is 2. The van der Waals surface area contributed by atoms with Crippen molar-refractivity contribution in [3.8, 4) is 11.4 Å². The maximum atomic E-state index is 13.3. The molecule has 1 saturated heterocycles. The maximum absolute atomic E-state index is 13.3. The summed E-state index contributed by atoms with van der Waals surface area (Å²) in [5.41, 5.74) is 1.78. The zero-order chi connectivity index (χ0) is 21.3. The number of methoxy groups -OCH3 is 1. The number of anilines is 1. The summed E-state index contributed by atoms with van der Waals surface area (Å²) in [4.78, 5) is 30.2. The number of nitrogens with zero attached hydrogens (tertiary/aromatic N) is 5. The van der Waals surface area contributed by atoms with Crippen molar-refractivity contribution < 1.29 is 14.2 Å². The lowest BCUT2D eigenvalue weighted by atomic mass is 10.1. The summed E-state index contributed by atoms with van der Waals surface area (Å²) in [6, 6.07) is 9.01. The van der Waals surface area contributed by atoms with E-state index in [1.54, 1.807) is 43.3 Å². The van der Waals surface area contributed by atoms with Gasteiger partial charge in [0.15, 0.2) is 5.82 Å². The molecule has 1 amide bonds. The third kappa shape index (κ3) is 3.42. The maximum Gasteiger partial charge on any atom is 0.268 e. The average Bonchev–Trinajstić information content (AvgIpc) is 3.20. The van der Waals surface area contributed by atoms with E-state index in [0.29, 0.717) is 54.7 Å². The molecule has 0 bridgehead atoms. The third-order valence-corrected chi connectivity index (χ3v) is 5.35. The molecule has 0 spiro atoms. The summed E-state index contributed by atoms with van der Waals surface area (Å²) in [5, 5.41) is 7.74. The Morgan fingerprint density at radius 1 is 1.07 bits per heavy atom. The van der Waals surface area contributed by atoms with Crippen molar-refractivity contribution >= 4 is 11.7 Å². The van der Waals surface area contributed by atoms with E-state index in [1.807, 2.05) is 24.0 Å². The summed E-state index contributed by atoms with van der Waals surface area (Å²) in [6.07, 6.45) is 1.67. The first-order valence-electron chi connectivity index (χ1n) is 9.70. The zero-order valence-electron chi connectivity index (χ0n) is 17.2. The van der Waals surface area contributed by atoms with Gasteiger partial charge in [0.25, 0.3) is 11.5 Å². The van der Waals surface area contributed by atoms with Crippen LogP contribution in [0.2, 0.25) is 0 Å². The van der Waals surface area contributed by atoms with Crippen molar-refractivity contribution in [3.05, 3.63) is 63.7 Å². The number of amides is 1. The van der Waals surface area contributed by atoms with Crippen molar-refractivity contribution in [3.63, 3.8) is 0 Å². The highest BCUT2D eigenvalue weighted by atomic mass is 16.6. The van der Waals surface area contributed by atoms with Crippen LogP contribution in [0.25, 0.3) is 5.69 Å². The highest BCUT2D eigenvalue weighted by Gasteiger charge is 2.28. The van der Waals surface area contributed by atoms with E-state index in [2.05, 4.69) is 10.3 Å². The molecule has 3 aromatic rings. The van der Waals surface area contributed by atoms with Crippen LogP contribution in [0.15, 0.2) is 46.0 Å². The molecule has 0 saturated carbocycles. The minimum Gasteiger partial charge on any atom is -0.495 e. The van der Waals surface area contributed by atoms with Gasteiger partial charge in [0.2, 0.25) is 0 Å². The Kier molecular flexibility index (Phi) is 5.26. The molecular formula is C21H23N5O4. The predicted octanol–water partition coefficient (Wildman–Crippen LogP) is 1.81. The van der Waals surface area contributed by atoms with E-state index in [-0.39, 0.29) is 17.0 Å². The number of aromatic nitrogens is 3. The second kappa shape index (κ2) is 8.02. The Hall–Kier alpha value is -3.62. The normalized spacial score (nSPS) is 14.1. The van der Waals surface area contributed by atoms with Gasteiger partial charge >= 0.3 is 0 Å². The molecule has 0 radical (unpaired) electrons. The number of carbonyl (C=O) groups is 1. The molecule has 9 nitrogen and oxygen atoms in total. The molecule has 0 unspecified atom stereocenters. The number of benzene rings is 1. The Morgan fingerprint density at radius 3 is 2.47 bits per heavy atom. The van der Waals surface area contributed by atoms with Crippen LogP contribution in [-0.2, 0) is 0 Å². The Balaban J connectivity index is 1.61. The topological polar surface area (TPSA) is 93.7 Å². The van der Waals surface area contributed by atoms with E-state index < -0.39 is 0 Å². The molecular weight excluding hydrogens is 386 g/mol. The van der Waals surface area contributed by atoms with E-state index >= 15 is 0 Å². The van der Waals surface area contributed by atoms with Crippen LogP contribution in [0.4, 0.5) is 5.82 Å². The highest BCUT2D eigenvalue weighted by molar-refractivity contribution is 5.95. The van der Waals surface area contributed by atoms with E-state index in [0.717, 1.165) is 0 Å². The van der Waals surface area contributed by atoms with Crippen molar-refractivity contribution in [2.24, 2.45) is 0 Å². The minimum absolute atomic E-state index is 0.177. The lowest BCUT2D eigenvalue weighted by molar-refractivity contribution is 0.0743. The molecule has 1 aromatic carbocycles. The number of pyridine rings is 1. The second-order valence-electron chi connectivity index (χ2n) is 7.17. The molecule has 4 rings (SSSR count). The van der Waals surface area contributed by atoms with Crippen molar-refractivity contribution in [2.45, 2.75) is 13.8 Å². The largest absolute Gasteiger partial charge is 0.495 e. The molecule has 3 heterocycles. The number of hydrogen-bond acceptors (Lipinski definition) is 7. The van der Waals surface area contributed by atoms with Crippen molar-refractivity contribution in [1.82, 2.24) is 19.8 Å². The van der Waals surface area contributed by atoms with E-state index in [9.17, 15) is 9.59 Å². The molecule has 1 fully saturated rings. The molecule has 156 valence electrons. The van der Waals surface area contributed by atoms with Crippen molar-refractivity contribution in [1.29, 1.82) is 0 Å². The average molecular weight is 409 g/mol. The number of hydrogen-bond donors (Lipinski definition) is 0. The predicted molar refractivity (Wildman–Crippen MR) is 110 cm³/mol. The fraction of sp³-hybridized carbons (Fsp3) is 0.333. The summed E-state index contributed by atoms with van der Waals surface area (Å²) in [7, 11) is 1.55. The molecule has 0 aliphatic carbocycles. The van der Waals surface area contributed by atoms with Crippen LogP contribution in [0.1, 0.15) is 21.6 Å². The number of rotatable bonds is 4. The van der Waals surface area contributed by atoms with Crippen LogP contribution in [0.3, 0.4) is 0 Å². The number of ether oxygens (including phenoxy) is 1. The van der Waals surface area contributed by atoms with Gasteiger partial charge in [-0.1, -0.05) is 17.3 Å². The van der Waals surface area contributed by atoms with Crippen LogP contribution in [-0.4, -0.2) is 59.0 Å². The summed E-state index contributed by atoms with van der Waals surface area (Å²) < 4.78 is 11.6. The Morgan fingerprint density at radius 2 is 1.80 bits per heavy atom. The van der Waals surface area contributed by atoms with Crippen LogP contribution in [0.5, 0.6) is 5.75 Å². The van der Waals surface area contributed by atoms with E-state index in [1.165, 1.54) is 4.57 Å². The summed E-state index contributed by atoms with van der Waals surface area (Å²) >= 11 is 0. The standard InChI is InChI=1S/C21H23N5O4/c1-14-8-9-26(16-6-4-5-7-17(16)29-3)21(28)18(14)20(27)25-12-10-24(11-13-25)19-15(2)22-30-23-19/h4-9H,10-13H2,1-3H3. The summed E-state index contributed by atoms with van der Waals surface area (Å²) in [5.74, 6) is 0.986. The molecule has 0 atom stereocenters. The van der Waals surface area contributed by atoms with Gasteiger partial charge in [-0.3, -0.25) is 14.2 Å². The SMILES string of the molecule is COc1ccccc1-n1ccc(C)c(C(=O)N2CCN(c3nonc3C)CC2)c1=O. The number of aryl methyl sites for hydroxylation is 2. The van der Waals surface area contributed by atoms with Gasteiger partial charge in [-0.05, 0) is 42.8 Å². The first-order valence-corrected chi connectivity index (χ1v) is 9.70. The number of carbonyl (C=O) groups excluding carboxylic acids is 1. The zero-order valence-corrected chi connectivity index (χ0v) is 17.2. The quantitative estimate of drug-likeness (QED) is 0.649. The molecule has 1 aliphatic rings. The molecule has 0 N–H and O–H groups in total. The lowest BCUT2D eigenvalue weighted by Gasteiger charge is -2.34. The second-order valence-corrected chi connectivity index (χ2v) is 7.17. The monoisotopic (exact) mass is 409 g/mol. The van der Waals surface area contributed by atoms with Gasteiger partial charge in [-0.2, -0.15) is 0 Å². The molecule has 30 heavy (non-hydrogen) atoms. The third-order valence-electron chi connectivity index (χ3n) is 5.35. The van der Waals surface area contributed by atoms with Crippen LogP contribution < -0.4 is 15.2 Å². The minimum atomic E-state index is -0.358. The number of piperazine rings is 1. The molecule has 1 aliphatic heterocycles. The Bertz CT molecular complexity index is 1130. The van der Waals surface area contributed by atoms with Gasteiger partial charge < -0.3 is 14.5 Å². The molecule has 9 heteroatoms. The molecule has 2 aromatic heterocycles. The van der Waals surface area contributed by atoms with Gasteiger partial charge in [0, 0.05) is 32.4 Å². The van der Waals surface area contributed by atoms with Gasteiger partial charge in [0.1, 0.15) is 17.0 Å². The Labute approximate surface area is 173 Å². The van der Waals surface area contributed by atoms with Crippen molar-refractivity contribution in [2.75, 3.05) is 38.2 Å². The van der Waals surface area contributed by atoms with Gasteiger partial charge in [0.05, 0.1) is 12.8 Å². The fourth-order valence-electron chi connectivity index (χ4n) is 3.70. The summed E-state index contributed by atoms with van der Waals surface area (Å²) in [6.45, 7) is 5.75. The highest BCUT2D eigenvalue weighted by Crippen LogP contribution is 2.22. The van der Waals surface area contributed by atoms with Gasteiger partial charge in [-0.15, -0.1) is 0 Å². The first-order chi connectivity index (χ1) is 14.5. The van der Waals surface area contributed by atoms with Crippen LogP contribution >= 0.6 is 0 Å². The van der Waals surface area contributed by atoms with Gasteiger partial charge in [-0.25, -0.2) is 4.63 Å². The smallest absolute Gasteiger partial charge is 0.268 e. The fourth-order valence-corrected chi connectivity index (χ4v) is 3.70. The lowest BCUT2D eigenvalue weighted by Crippen LogP contribution is -2.50. The van der Waals surface area contributed by atoms with Crippen LogP contribution in [0, 0.1) is 13.8 Å². The first kappa shape index (κ1) is 19.7.